The highest BCUT2D eigenvalue weighted by Gasteiger charge is 2.38. The summed E-state index contributed by atoms with van der Waals surface area (Å²) in [5.74, 6) is 0.465. The molecule has 0 aromatic carbocycles. The Balaban J connectivity index is 1.82. The summed E-state index contributed by atoms with van der Waals surface area (Å²) in [5.41, 5.74) is 0.560. The van der Waals surface area contributed by atoms with Gasteiger partial charge in [-0.2, -0.15) is 0 Å². The molecule has 2 fully saturated rings. The standard InChI is InChI=1S/C13H16BrN3O3/c1-19-12-9(14)4-8(5-16-12)13(18)17-2-3-20-11-7-15-6-10(11)17/h4-5,10-11,15H,2-3,6-7H2,1H3/t10-,11+/m0/s1. The van der Waals surface area contributed by atoms with E-state index in [1.54, 1.807) is 19.4 Å². The first-order valence-corrected chi connectivity index (χ1v) is 7.33. The number of nitrogens with zero attached hydrogens (tertiary/aromatic N) is 2. The van der Waals surface area contributed by atoms with Crippen molar-refractivity contribution < 1.29 is 14.3 Å². The molecule has 2 aliphatic heterocycles. The highest BCUT2D eigenvalue weighted by Crippen LogP contribution is 2.25. The number of fused-ring (bicyclic) bond motifs is 1. The van der Waals surface area contributed by atoms with Gasteiger partial charge in [0.2, 0.25) is 5.88 Å². The summed E-state index contributed by atoms with van der Waals surface area (Å²) < 4.78 is 11.4. The molecule has 2 saturated heterocycles. The van der Waals surface area contributed by atoms with E-state index in [4.69, 9.17) is 9.47 Å². The molecule has 1 N–H and O–H groups in total. The van der Waals surface area contributed by atoms with Crippen molar-refractivity contribution in [1.29, 1.82) is 0 Å². The number of aromatic nitrogens is 1. The zero-order valence-electron chi connectivity index (χ0n) is 11.1. The number of amides is 1. The predicted molar refractivity (Wildman–Crippen MR) is 75.9 cm³/mol. The number of morpholine rings is 1. The summed E-state index contributed by atoms with van der Waals surface area (Å²) in [6.07, 6.45) is 1.65. The van der Waals surface area contributed by atoms with Crippen molar-refractivity contribution in [2.75, 3.05) is 33.4 Å². The molecule has 2 aliphatic rings. The number of ether oxygens (including phenoxy) is 2. The molecule has 0 unspecified atom stereocenters. The molecule has 20 heavy (non-hydrogen) atoms. The monoisotopic (exact) mass is 341 g/mol. The number of rotatable bonds is 2. The lowest BCUT2D eigenvalue weighted by Gasteiger charge is -2.37. The van der Waals surface area contributed by atoms with Crippen LogP contribution in [0.2, 0.25) is 0 Å². The Bertz CT molecular complexity index is 526. The molecular formula is C13H16BrN3O3. The van der Waals surface area contributed by atoms with Crippen molar-refractivity contribution in [2.24, 2.45) is 0 Å². The molecule has 3 heterocycles. The second-order valence-corrected chi connectivity index (χ2v) is 5.70. The smallest absolute Gasteiger partial charge is 0.255 e. The number of halogens is 1. The second-order valence-electron chi connectivity index (χ2n) is 4.85. The van der Waals surface area contributed by atoms with Gasteiger partial charge in [-0.3, -0.25) is 4.79 Å². The number of nitrogens with one attached hydrogen (secondary N) is 1. The normalized spacial score (nSPS) is 25.4. The van der Waals surface area contributed by atoms with Gasteiger partial charge in [0.15, 0.2) is 0 Å². The van der Waals surface area contributed by atoms with Gasteiger partial charge in [0.05, 0.1) is 35.9 Å². The van der Waals surface area contributed by atoms with Crippen LogP contribution in [-0.2, 0) is 4.74 Å². The first-order chi connectivity index (χ1) is 9.70. The summed E-state index contributed by atoms with van der Waals surface area (Å²) >= 11 is 3.36. The number of carbonyl (C=O) groups is 1. The summed E-state index contributed by atoms with van der Waals surface area (Å²) in [6, 6.07) is 1.86. The second kappa shape index (κ2) is 5.67. The molecule has 0 spiro atoms. The Morgan fingerprint density at radius 1 is 1.60 bits per heavy atom. The Labute approximate surface area is 125 Å². The van der Waals surface area contributed by atoms with E-state index in [0.717, 1.165) is 13.1 Å². The Morgan fingerprint density at radius 2 is 2.45 bits per heavy atom. The zero-order chi connectivity index (χ0) is 14.1. The third kappa shape index (κ3) is 2.41. The van der Waals surface area contributed by atoms with Gasteiger partial charge >= 0.3 is 0 Å². The molecule has 2 atom stereocenters. The van der Waals surface area contributed by atoms with E-state index in [1.807, 2.05) is 4.90 Å². The van der Waals surface area contributed by atoms with Crippen LogP contribution in [0.25, 0.3) is 0 Å². The van der Waals surface area contributed by atoms with Crippen LogP contribution >= 0.6 is 15.9 Å². The SMILES string of the molecule is COc1ncc(C(=O)N2CCO[C@@H]3CNC[C@@H]32)cc1Br. The average Bonchev–Trinajstić information content (AvgIpc) is 2.94. The van der Waals surface area contributed by atoms with E-state index in [0.29, 0.717) is 29.1 Å². The summed E-state index contributed by atoms with van der Waals surface area (Å²) in [4.78, 5) is 18.6. The van der Waals surface area contributed by atoms with Gasteiger partial charge in [-0.25, -0.2) is 4.98 Å². The van der Waals surface area contributed by atoms with E-state index in [9.17, 15) is 4.79 Å². The van der Waals surface area contributed by atoms with Crippen LogP contribution in [0.4, 0.5) is 0 Å². The molecule has 0 bridgehead atoms. The van der Waals surface area contributed by atoms with Crippen LogP contribution in [0.3, 0.4) is 0 Å². The number of carbonyl (C=O) groups excluding carboxylic acids is 1. The fourth-order valence-electron chi connectivity index (χ4n) is 2.70. The number of hydrogen-bond acceptors (Lipinski definition) is 5. The van der Waals surface area contributed by atoms with Crippen molar-refractivity contribution >= 4 is 21.8 Å². The third-order valence-corrected chi connectivity index (χ3v) is 4.27. The molecule has 3 rings (SSSR count). The van der Waals surface area contributed by atoms with Gasteiger partial charge in [-0.05, 0) is 22.0 Å². The molecule has 1 amide bonds. The average molecular weight is 342 g/mol. The maximum atomic E-state index is 12.6. The lowest BCUT2D eigenvalue weighted by molar-refractivity contribution is -0.0365. The quantitative estimate of drug-likeness (QED) is 0.856. The first kappa shape index (κ1) is 13.8. The van der Waals surface area contributed by atoms with Crippen LogP contribution in [0.1, 0.15) is 10.4 Å². The van der Waals surface area contributed by atoms with Gasteiger partial charge in [0.1, 0.15) is 0 Å². The fourth-order valence-corrected chi connectivity index (χ4v) is 3.21. The van der Waals surface area contributed by atoms with E-state index in [-0.39, 0.29) is 18.1 Å². The van der Waals surface area contributed by atoms with Crippen molar-refractivity contribution in [1.82, 2.24) is 15.2 Å². The van der Waals surface area contributed by atoms with E-state index < -0.39 is 0 Å². The molecule has 0 radical (unpaired) electrons. The minimum Gasteiger partial charge on any atom is -0.480 e. The summed E-state index contributed by atoms with van der Waals surface area (Å²) in [7, 11) is 1.55. The topological polar surface area (TPSA) is 63.7 Å². The Kier molecular flexibility index (Phi) is 3.91. The Hall–Kier alpha value is -1.18. The Morgan fingerprint density at radius 3 is 3.20 bits per heavy atom. The van der Waals surface area contributed by atoms with Crippen LogP contribution in [0, 0.1) is 0 Å². The van der Waals surface area contributed by atoms with Crippen molar-refractivity contribution in [3.05, 3.63) is 22.3 Å². The lowest BCUT2D eigenvalue weighted by Crippen LogP contribution is -2.53. The largest absolute Gasteiger partial charge is 0.480 e. The van der Waals surface area contributed by atoms with E-state index >= 15 is 0 Å². The number of pyridine rings is 1. The molecule has 0 saturated carbocycles. The molecule has 6 nitrogen and oxygen atoms in total. The molecule has 0 aliphatic carbocycles. The van der Waals surface area contributed by atoms with Crippen LogP contribution < -0.4 is 10.1 Å². The van der Waals surface area contributed by atoms with Crippen LogP contribution in [0.5, 0.6) is 5.88 Å². The highest BCUT2D eigenvalue weighted by molar-refractivity contribution is 9.10. The molecule has 7 heteroatoms. The number of methoxy groups -OCH3 is 1. The maximum absolute atomic E-state index is 12.6. The van der Waals surface area contributed by atoms with Gasteiger partial charge in [0.25, 0.3) is 5.91 Å². The minimum absolute atomic E-state index is 0.0112. The first-order valence-electron chi connectivity index (χ1n) is 6.53. The molecule has 1 aromatic heterocycles. The zero-order valence-corrected chi connectivity index (χ0v) is 12.7. The third-order valence-electron chi connectivity index (χ3n) is 3.70. The fraction of sp³-hybridized carbons (Fsp3) is 0.538. The maximum Gasteiger partial charge on any atom is 0.255 e. The van der Waals surface area contributed by atoms with Gasteiger partial charge in [0, 0.05) is 25.8 Å². The lowest BCUT2D eigenvalue weighted by atomic mass is 10.1. The highest BCUT2D eigenvalue weighted by atomic mass is 79.9. The molecular weight excluding hydrogens is 326 g/mol. The van der Waals surface area contributed by atoms with Gasteiger partial charge < -0.3 is 19.7 Å². The van der Waals surface area contributed by atoms with E-state index in [1.165, 1.54) is 0 Å². The number of hydrogen-bond donors (Lipinski definition) is 1. The van der Waals surface area contributed by atoms with Crippen LogP contribution in [-0.4, -0.2) is 61.3 Å². The molecule has 108 valence electrons. The van der Waals surface area contributed by atoms with Crippen molar-refractivity contribution in [3.63, 3.8) is 0 Å². The van der Waals surface area contributed by atoms with Crippen molar-refractivity contribution in [2.45, 2.75) is 12.1 Å². The summed E-state index contributed by atoms with van der Waals surface area (Å²) in [6.45, 7) is 2.78. The summed E-state index contributed by atoms with van der Waals surface area (Å²) in [5, 5.41) is 3.27. The van der Waals surface area contributed by atoms with E-state index in [2.05, 4.69) is 26.2 Å². The van der Waals surface area contributed by atoms with Gasteiger partial charge in [-0.15, -0.1) is 0 Å². The van der Waals surface area contributed by atoms with Crippen LogP contribution in [0.15, 0.2) is 16.7 Å². The predicted octanol–water partition coefficient (Wildman–Crippen LogP) is 0.666. The minimum atomic E-state index is -0.0112. The molecule has 1 aromatic rings. The van der Waals surface area contributed by atoms with Crippen molar-refractivity contribution in [3.8, 4) is 5.88 Å². The van der Waals surface area contributed by atoms with Gasteiger partial charge in [-0.1, -0.05) is 0 Å².